The summed E-state index contributed by atoms with van der Waals surface area (Å²) >= 11 is 1.43. The molecule has 40 heavy (non-hydrogen) atoms. The maximum Gasteiger partial charge on any atom is 0.289 e. The van der Waals surface area contributed by atoms with Gasteiger partial charge in [0.1, 0.15) is 11.5 Å². The van der Waals surface area contributed by atoms with E-state index in [9.17, 15) is 9.59 Å². The van der Waals surface area contributed by atoms with Crippen molar-refractivity contribution in [2.45, 2.75) is 26.8 Å². The Morgan fingerprint density at radius 1 is 0.975 bits per heavy atom. The molecule has 10 heteroatoms. The first-order chi connectivity index (χ1) is 19.2. The van der Waals surface area contributed by atoms with Gasteiger partial charge in [0.2, 0.25) is 0 Å². The number of hydrogen-bond donors (Lipinski definition) is 0. The van der Waals surface area contributed by atoms with Crippen molar-refractivity contribution < 1.29 is 28.2 Å². The number of aromatic nitrogens is 1. The minimum atomic E-state index is -0.361. The Hall–Kier alpha value is -4.31. The van der Waals surface area contributed by atoms with E-state index in [1.54, 1.807) is 69.7 Å². The standard InChI is InChI=1S/C30H33N3O6S/c1-19-20(2)40-30(31-28(34)22-8-7-9-23(17-22)36-4)33(19)18-24-11-13-26(39-24)29(35)32(3)15-14-21-10-12-25(37-5)27(16-21)38-6/h7-13,16-17H,14-15,18H2,1-6H3. The number of hydrogen-bond acceptors (Lipinski definition) is 7. The Labute approximate surface area is 237 Å². The SMILES string of the molecule is COc1cccc(C(=O)N=c2sc(C)c(C)n2Cc2ccc(C(=O)N(C)CCc3ccc(OC)c(OC)c3)o2)c1. The first kappa shape index (κ1) is 28.7. The van der Waals surface area contributed by atoms with E-state index in [-0.39, 0.29) is 17.6 Å². The van der Waals surface area contributed by atoms with Gasteiger partial charge in [-0.1, -0.05) is 12.1 Å². The van der Waals surface area contributed by atoms with Gasteiger partial charge in [-0.3, -0.25) is 9.59 Å². The van der Waals surface area contributed by atoms with Gasteiger partial charge in [-0.25, -0.2) is 0 Å². The average Bonchev–Trinajstić information content (AvgIpc) is 3.55. The number of amides is 2. The van der Waals surface area contributed by atoms with Crippen LogP contribution in [0.3, 0.4) is 0 Å². The quantitative estimate of drug-likeness (QED) is 0.273. The van der Waals surface area contributed by atoms with Crippen LogP contribution < -0.4 is 19.0 Å². The van der Waals surface area contributed by atoms with Crippen LogP contribution in [0.1, 0.15) is 42.8 Å². The monoisotopic (exact) mass is 563 g/mol. The van der Waals surface area contributed by atoms with Gasteiger partial charge in [-0.2, -0.15) is 4.99 Å². The van der Waals surface area contributed by atoms with Crippen LogP contribution in [-0.4, -0.2) is 56.2 Å². The van der Waals surface area contributed by atoms with Gasteiger partial charge in [-0.15, -0.1) is 11.3 Å². The predicted octanol–water partition coefficient (Wildman–Crippen LogP) is 4.89. The molecule has 9 nitrogen and oxygen atoms in total. The van der Waals surface area contributed by atoms with Gasteiger partial charge >= 0.3 is 0 Å². The third-order valence-corrected chi connectivity index (χ3v) is 7.72. The zero-order valence-corrected chi connectivity index (χ0v) is 24.3. The van der Waals surface area contributed by atoms with E-state index in [2.05, 4.69) is 4.99 Å². The number of methoxy groups -OCH3 is 3. The molecule has 2 heterocycles. The van der Waals surface area contributed by atoms with Crippen molar-refractivity contribution in [1.82, 2.24) is 9.47 Å². The smallest absolute Gasteiger partial charge is 0.289 e. The number of nitrogens with zero attached hydrogens (tertiary/aromatic N) is 3. The summed E-state index contributed by atoms with van der Waals surface area (Å²) < 4.78 is 23.8. The second-order valence-electron chi connectivity index (χ2n) is 9.19. The van der Waals surface area contributed by atoms with Gasteiger partial charge in [0, 0.05) is 29.7 Å². The van der Waals surface area contributed by atoms with E-state index in [0.29, 0.717) is 52.9 Å². The Bertz CT molecular complexity index is 1580. The number of carbonyl (C=O) groups excluding carboxylic acids is 2. The molecule has 4 rings (SSSR count). The van der Waals surface area contributed by atoms with Crippen LogP contribution in [0.25, 0.3) is 0 Å². The molecule has 0 spiro atoms. The van der Waals surface area contributed by atoms with Gasteiger partial charge in [0.25, 0.3) is 11.8 Å². The van der Waals surface area contributed by atoms with Crippen molar-refractivity contribution in [2.75, 3.05) is 34.9 Å². The highest BCUT2D eigenvalue weighted by atomic mass is 32.1. The Morgan fingerprint density at radius 2 is 1.75 bits per heavy atom. The van der Waals surface area contributed by atoms with E-state index < -0.39 is 0 Å². The first-order valence-corrected chi connectivity index (χ1v) is 13.5. The maximum absolute atomic E-state index is 13.1. The lowest BCUT2D eigenvalue weighted by molar-refractivity contribution is 0.0763. The second-order valence-corrected chi connectivity index (χ2v) is 10.4. The molecule has 0 bridgehead atoms. The van der Waals surface area contributed by atoms with Crippen LogP contribution in [0.2, 0.25) is 0 Å². The Morgan fingerprint density at radius 3 is 2.48 bits per heavy atom. The number of thiazole rings is 1. The molecule has 2 amide bonds. The van der Waals surface area contributed by atoms with Crippen LogP contribution in [-0.2, 0) is 13.0 Å². The minimum Gasteiger partial charge on any atom is -0.497 e. The van der Waals surface area contributed by atoms with Crippen molar-refractivity contribution in [3.8, 4) is 17.2 Å². The lowest BCUT2D eigenvalue weighted by atomic mass is 10.1. The van der Waals surface area contributed by atoms with Crippen molar-refractivity contribution in [3.63, 3.8) is 0 Å². The van der Waals surface area contributed by atoms with E-state index in [4.69, 9.17) is 18.6 Å². The summed E-state index contributed by atoms with van der Waals surface area (Å²) in [5, 5.41) is 0. The molecule has 0 saturated heterocycles. The highest BCUT2D eigenvalue weighted by Gasteiger charge is 2.18. The molecule has 0 aliphatic carbocycles. The zero-order chi connectivity index (χ0) is 28.8. The lowest BCUT2D eigenvalue weighted by Crippen LogP contribution is -2.28. The van der Waals surface area contributed by atoms with Gasteiger partial charge in [-0.05, 0) is 68.3 Å². The molecule has 210 valence electrons. The highest BCUT2D eigenvalue weighted by Crippen LogP contribution is 2.27. The summed E-state index contributed by atoms with van der Waals surface area (Å²) in [6.07, 6.45) is 0.644. The topological polar surface area (TPSA) is 95.5 Å². The van der Waals surface area contributed by atoms with Crippen LogP contribution in [0.4, 0.5) is 0 Å². The van der Waals surface area contributed by atoms with E-state index >= 15 is 0 Å². The number of furan rings is 1. The first-order valence-electron chi connectivity index (χ1n) is 12.7. The lowest BCUT2D eigenvalue weighted by Gasteiger charge is -2.16. The van der Waals surface area contributed by atoms with Crippen LogP contribution >= 0.6 is 11.3 Å². The number of carbonyl (C=O) groups is 2. The highest BCUT2D eigenvalue weighted by molar-refractivity contribution is 7.09. The molecule has 0 N–H and O–H groups in total. The Kier molecular flexibility index (Phi) is 9.11. The third kappa shape index (κ3) is 6.45. The number of likely N-dealkylation sites (N-methyl/N-ethyl adjacent to an activating group) is 1. The Balaban J connectivity index is 1.47. The molecule has 0 radical (unpaired) electrons. The summed E-state index contributed by atoms with van der Waals surface area (Å²) in [6, 6.07) is 16.1. The van der Waals surface area contributed by atoms with Crippen molar-refractivity contribution in [1.29, 1.82) is 0 Å². The zero-order valence-electron chi connectivity index (χ0n) is 23.5. The fourth-order valence-electron chi connectivity index (χ4n) is 4.13. The number of aryl methyl sites for hydroxylation is 1. The third-order valence-electron chi connectivity index (χ3n) is 6.62. The van der Waals surface area contributed by atoms with E-state index in [1.807, 2.05) is 36.6 Å². The molecule has 0 fully saturated rings. The molecule has 0 atom stereocenters. The molecular weight excluding hydrogens is 530 g/mol. The van der Waals surface area contributed by atoms with Gasteiger partial charge in [0.15, 0.2) is 22.1 Å². The summed E-state index contributed by atoms with van der Waals surface area (Å²) in [4.78, 5) is 33.5. The summed E-state index contributed by atoms with van der Waals surface area (Å²) in [6.45, 7) is 4.79. The number of ether oxygens (including phenoxy) is 3. The number of benzene rings is 2. The minimum absolute atomic E-state index is 0.215. The van der Waals surface area contributed by atoms with Gasteiger partial charge in [0.05, 0.1) is 27.9 Å². The summed E-state index contributed by atoms with van der Waals surface area (Å²) in [5.74, 6) is 2.17. The van der Waals surface area contributed by atoms with Crippen molar-refractivity contribution in [2.24, 2.45) is 4.99 Å². The van der Waals surface area contributed by atoms with Crippen molar-refractivity contribution >= 4 is 23.2 Å². The van der Waals surface area contributed by atoms with Crippen LogP contribution in [0.15, 0.2) is 64.0 Å². The fourth-order valence-corrected chi connectivity index (χ4v) is 5.10. The van der Waals surface area contributed by atoms with Crippen LogP contribution in [0.5, 0.6) is 17.2 Å². The van der Waals surface area contributed by atoms with E-state index in [0.717, 1.165) is 16.1 Å². The molecule has 2 aromatic heterocycles. The number of rotatable bonds is 10. The van der Waals surface area contributed by atoms with Crippen molar-refractivity contribution in [3.05, 3.63) is 92.6 Å². The molecule has 0 saturated carbocycles. The molecule has 0 aliphatic heterocycles. The predicted molar refractivity (Wildman–Crippen MR) is 153 cm³/mol. The summed E-state index contributed by atoms with van der Waals surface area (Å²) in [5.41, 5.74) is 2.44. The summed E-state index contributed by atoms with van der Waals surface area (Å²) in [7, 11) is 6.49. The molecule has 0 aliphatic rings. The van der Waals surface area contributed by atoms with E-state index in [1.165, 1.54) is 11.3 Å². The maximum atomic E-state index is 13.1. The van der Waals surface area contributed by atoms with Gasteiger partial charge < -0.3 is 28.1 Å². The normalized spacial score (nSPS) is 11.4. The molecule has 4 aromatic rings. The molecule has 0 unspecified atom stereocenters. The molecule has 2 aromatic carbocycles. The fraction of sp³-hybridized carbons (Fsp3) is 0.300. The average molecular weight is 564 g/mol. The largest absolute Gasteiger partial charge is 0.497 e. The van der Waals surface area contributed by atoms with Crippen LogP contribution in [0, 0.1) is 13.8 Å². The second kappa shape index (κ2) is 12.7. The molecular formula is C30H33N3O6S.